The summed E-state index contributed by atoms with van der Waals surface area (Å²) in [5, 5.41) is 3.74. The van der Waals surface area contributed by atoms with Crippen molar-refractivity contribution in [3.8, 4) is 0 Å². The molecule has 3 amide bonds. The van der Waals surface area contributed by atoms with E-state index in [0.29, 0.717) is 0 Å². The molecule has 1 aromatic heterocycles. The number of hydrogen-bond donors (Lipinski definition) is 1. The van der Waals surface area contributed by atoms with Gasteiger partial charge in [-0.1, -0.05) is 45.9 Å². The minimum Gasteiger partial charge on any atom is -0.447 e. The maximum atomic E-state index is 13.9. The zero-order valence-corrected chi connectivity index (χ0v) is 20.8. The number of fused-ring (bicyclic) bond motifs is 1. The highest BCUT2D eigenvalue weighted by atomic mass is 16.6. The molecule has 8 heteroatoms. The highest BCUT2D eigenvalue weighted by molar-refractivity contribution is 5.99. The molecule has 2 heterocycles. The number of para-hydroxylation sites is 1. The number of carbonyl (C=O) groups excluding carboxylic acids is 3. The van der Waals surface area contributed by atoms with Crippen molar-refractivity contribution < 1.29 is 23.9 Å². The third-order valence-corrected chi connectivity index (χ3v) is 6.13. The van der Waals surface area contributed by atoms with Crippen LogP contribution in [0.4, 0.5) is 9.59 Å². The molecule has 1 N–H and O–H groups in total. The molecule has 1 aliphatic heterocycles. The first-order valence-corrected chi connectivity index (χ1v) is 11.3. The van der Waals surface area contributed by atoms with Gasteiger partial charge in [0.15, 0.2) is 0 Å². The Balaban J connectivity index is 2.08. The lowest BCUT2D eigenvalue weighted by atomic mass is 9.76. The van der Waals surface area contributed by atoms with Gasteiger partial charge < -0.3 is 19.4 Å². The maximum Gasteiger partial charge on any atom is 0.417 e. The number of imide groups is 1. The van der Waals surface area contributed by atoms with Crippen LogP contribution in [0, 0.1) is 5.92 Å². The molecule has 2 atom stereocenters. The monoisotopic (exact) mass is 457 g/mol. The molecule has 1 aliphatic rings. The number of carbonyl (C=O) groups is 3. The Morgan fingerprint density at radius 2 is 1.79 bits per heavy atom. The van der Waals surface area contributed by atoms with E-state index in [1.54, 1.807) is 20.8 Å². The van der Waals surface area contributed by atoms with Crippen LogP contribution in [0.3, 0.4) is 0 Å². The van der Waals surface area contributed by atoms with Crippen LogP contribution in [0.1, 0.15) is 54.0 Å². The number of amides is 3. The number of nitrogens with zero attached hydrogens (tertiary/aromatic N) is 2. The molecule has 1 fully saturated rings. The van der Waals surface area contributed by atoms with E-state index in [0.717, 1.165) is 21.4 Å². The summed E-state index contributed by atoms with van der Waals surface area (Å²) < 4.78 is 12.7. The Labute approximate surface area is 195 Å². The molecule has 1 saturated heterocycles. The molecule has 8 nitrogen and oxygen atoms in total. The van der Waals surface area contributed by atoms with Crippen LogP contribution in [0.25, 0.3) is 10.9 Å². The molecule has 0 aliphatic carbocycles. The summed E-state index contributed by atoms with van der Waals surface area (Å²) in [6, 6.07) is 6.41. The molecule has 3 rings (SSSR count). The number of nitrogens with one attached hydrogen (secondary N) is 1. The van der Waals surface area contributed by atoms with Crippen molar-refractivity contribution in [1.29, 1.82) is 0 Å². The van der Waals surface area contributed by atoms with E-state index < -0.39 is 41.2 Å². The third-order valence-electron chi connectivity index (χ3n) is 6.13. The quantitative estimate of drug-likeness (QED) is 0.721. The molecule has 2 aromatic rings. The van der Waals surface area contributed by atoms with Crippen LogP contribution in [0.2, 0.25) is 0 Å². The van der Waals surface area contributed by atoms with E-state index in [1.807, 2.05) is 69.8 Å². The summed E-state index contributed by atoms with van der Waals surface area (Å²) in [6.07, 6.45) is 0.551. The SMILES string of the molecule is CC(C)[C@H]1COC(=O)N1C(=O)[C@@H](NC(=O)OC(C)(C)C)C(C)(C)c1cn(C)c2ccccc12. The highest BCUT2D eigenvalue weighted by Crippen LogP contribution is 2.36. The van der Waals surface area contributed by atoms with Crippen molar-refractivity contribution in [2.75, 3.05) is 6.61 Å². The summed E-state index contributed by atoms with van der Waals surface area (Å²) >= 11 is 0. The number of hydrogen-bond acceptors (Lipinski definition) is 5. The smallest absolute Gasteiger partial charge is 0.417 e. The molecule has 0 spiro atoms. The largest absolute Gasteiger partial charge is 0.447 e. The number of rotatable bonds is 5. The Bertz CT molecular complexity index is 1060. The van der Waals surface area contributed by atoms with Crippen LogP contribution in [0.15, 0.2) is 30.5 Å². The zero-order valence-electron chi connectivity index (χ0n) is 20.8. The molecule has 0 saturated carbocycles. The van der Waals surface area contributed by atoms with E-state index >= 15 is 0 Å². The number of benzene rings is 1. The number of aryl methyl sites for hydroxylation is 1. The standard InChI is InChI=1S/C25H35N3O5/c1-15(2)19-14-32-23(31)28(19)21(29)20(26-22(30)33-24(3,4)5)25(6,7)17-13-27(8)18-12-10-9-11-16(17)18/h9-13,15,19-20H,14H2,1-8H3,(H,26,30)/t19-,20-/m1/s1. The lowest BCUT2D eigenvalue weighted by Crippen LogP contribution is -2.59. The molecule has 1 aromatic carbocycles. The van der Waals surface area contributed by atoms with Crippen LogP contribution in [0.5, 0.6) is 0 Å². The number of ether oxygens (including phenoxy) is 2. The molecule has 0 unspecified atom stereocenters. The van der Waals surface area contributed by atoms with Crippen molar-refractivity contribution in [3.63, 3.8) is 0 Å². The van der Waals surface area contributed by atoms with E-state index in [2.05, 4.69) is 5.32 Å². The van der Waals surface area contributed by atoms with Crippen LogP contribution >= 0.6 is 0 Å². The molecular weight excluding hydrogens is 422 g/mol. The first-order valence-electron chi connectivity index (χ1n) is 11.3. The minimum absolute atomic E-state index is 0.00300. The van der Waals surface area contributed by atoms with Crippen molar-refractivity contribution in [2.45, 2.75) is 71.6 Å². The molecular formula is C25H35N3O5. The van der Waals surface area contributed by atoms with Crippen LogP contribution < -0.4 is 5.32 Å². The van der Waals surface area contributed by atoms with Gasteiger partial charge in [-0.05, 0) is 38.3 Å². The van der Waals surface area contributed by atoms with Crippen molar-refractivity contribution in [3.05, 3.63) is 36.0 Å². The summed E-state index contributed by atoms with van der Waals surface area (Å²) in [5.41, 5.74) is 0.265. The predicted molar refractivity (Wildman–Crippen MR) is 126 cm³/mol. The summed E-state index contributed by atoms with van der Waals surface area (Å²) in [7, 11) is 1.94. The number of aromatic nitrogens is 1. The van der Waals surface area contributed by atoms with Gasteiger partial charge in [0.25, 0.3) is 5.91 Å². The molecule has 0 radical (unpaired) electrons. The second-order valence-electron chi connectivity index (χ2n) is 10.6. The van der Waals surface area contributed by atoms with Crippen molar-refractivity contribution in [2.24, 2.45) is 13.0 Å². The lowest BCUT2D eigenvalue weighted by molar-refractivity contribution is -0.133. The van der Waals surface area contributed by atoms with Crippen molar-refractivity contribution in [1.82, 2.24) is 14.8 Å². The van der Waals surface area contributed by atoms with Gasteiger partial charge in [-0.3, -0.25) is 4.79 Å². The fourth-order valence-electron chi connectivity index (χ4n) is 4.31. The first kappa shape index (κ1) is 24.6. The average Bonchev–Trinajstić information content (AvgIpc) is 3.25. The maximum absolute atomic E-state index is 13.9. The fraction of sp³-hybridized carbons (Fsp3) is 0.560. The zero-order chi connectivity index (χ0) is 24.7. The van der Waals surface area contributed by atoms with Crippen molar-refractivity contribution >= 4 is 29.0 Å². The second kappa shape index (κ2) is 8.72. The second-order valence-corrected chi connectivity index (χ2v) is 10.6. The predicted octanol–water partition coefficient (Wildman–Crippen LogP) is 4.35. The number of alkyl carbamates (subject to hydrolysis) is 1. The Hall–Kier alpha value is -3.03. The van der Waals surface area contributed by atoms with Crippen LogP contribution in [-0.2, 0) is 26.7 Å². The Morgan fingerprint density at radius 1 is 1.15 bits per heavy atom. The van der Waals surface area contributed by atoms with E-state index in [1.165, 1.54) is 0 Å². The third kappa shape index (κ3) is 4.84. The highest BCUT2D eigenvalue weighted by Gasteiger charge is 2.48. The number of cyclic esters (lactones) is 1. The summed E-state index contributed by atoms with van der Waals surface area (Å²) in [4.78, 5) is 40.4. The molecule has 33 heavy (non-hydrogen) atoms. The van der Waals surface area contributed by atoms with Gasteiger partial charge in [-0.25, -0.2) is 14.5 Å². The molecule has 180 valence electrons. The van der Waals surface area contributed by atoms with Gasteiger partial charge >= 0.3 is 12.2 Å². The van der Waals surface area contributed by atoms with Gasteiger partial charge in [0.05, 0.1) is 6.04 Å². The fourth-order valence-corrected chi connectivity index (χ4v) is 4.31. The van der Waals surface area contributed by atoms with E-state index in [4.69, 9.17) is 9.47 Å². The topological polar surface area (TPSA) is 89.9 Å². The van der Waals surface area contributed by atoms with Gasteiger partial charge in [0.1, 0.15) is 18.2 Å². The van der Waals surface area contributed by atoms with Gasteiger partial charge in [-0.2, -0.15) is 0 Å². The molecule has 0 bridgehead atoms. The van der Waals surface area contributed by atoms with Gasteiger partial charge in [-0.15, -0.1) is 0 Å². The summed E-state index contributed by atoms with van der Waals surface area (Å²) in [6.45, 7) is 13.0. The normalized spacial score (nSPS) is 17.9. The lowest BCUT2D eigenvalue weighted by Gasteiger charge is -2.37. The Morgan fingerprint density at radius 3 is 2.39 bits per heavy atom. The minimum atomic E-state index is -1.06. The Kier molecular flexibility index (Phi) is 6.51. The van der Waals surface area contributed by atoms with E-state index in [9.17, 15) is 14.4 Å². The van der Waals surface area contributed by atoms with E-state index in [-0.39, 0.29) is 12.5 Å². The van der Waals surface area contributed by atoms with Crippen LogP contribution in [-0.4, -0.2) is 51.9 Å². The average molecular weight is 458 g/mol. The summed E-state index contributed by atoms with van der Waals surface area (Å²) in [5.74, 6) is -0.511. The van der Waals surface area contributed by atoms with Gasteiger partial charge in [0.2, 0.25) is 0 Å². The first-order chi connectivity index (χ1) is 15.2. The van der Waals surface area contributed by atoms with Gasteiger partial charge in [0, 0.05) is 29.6 Å².